The van der Waals surface area contributed by atoms with Crippen LogP contribution in [0.3, 0.4) is 0 Å². The molecule has 27 heavy (non-hydrogen) atoms. The SMILES string of the molecule is COc1ccc(-c2coc3cc(OCc4nc(C)cs4)ccc3c2=O)cc1. The first-order chi connectivity index (χ1) is 13.1. The normalized spacial score (nSPS) is 10.9. The number of thiazole rings is 1. The van der Waals surface area contributed by atoms with Crippen LogP contribution in [0.25, 0.3) is 22.1 Å². The van der Waals surface area contributed by atoms with Gasteiger partial charge in [-0.05, 0) is 36.8 Å². The topological polar surface area (TPSA) is 61.6 Å². The van der Waals surface area contributed by atoms with Gasteiger partial charge in [0, 0.05) is 17.1 Å². The van der Waals surface area contributed by atoms with Crippen molar-refractivity contribution in [2.75, 3.05) is 7.11 Å². The number of methoxy groups -OCH3 is 1. The highest BCUT2D eigenvalue weighted by Gasteiger charge is 2.11. The van der Waals surface area contributed by atoms with Crippen molar-refractivity contribution in [2.45, 2.75) is 13.5 Å². The van der Waals surface area contributed by atoms with Crippen LogP contribution < -0.4 is 14.9 Å². The second-order valence-corrected chi connectivity index (χ2v) is 6.98. The van der Waals surface area contributed by atoms with Crippen molar-refractivity contribution >= 4 is 22.3 Å². The number of aryl methyl sites for hydroxylation is 1. The summed E-state index contributed by atoms with van der Waals surface area (Å²) in [5, 5.41) is 3.41. The van der Waals surface area contributed by atoms with Crippen LogP contribution in [0.1, 0.15) is 10.7 Å². The molecule has 2 aromatic heterocycles. The van der Waals surface area contributed by atoms with Gasteiger partial charge in [-0.3, -0.25) is 4.79 Å². The van der Waals surface area contributed by atoms with Gasteiger partial charge in [0.2, 0.25) is 0 Å². The Morgan fingerprint density at radius 2 is 1.89 bits per heavy atom. The molecule has 0 N–H and O–H groups in total. The number of hydrogen-bond donors (Lipinski definition) is 0. The summed E-state index contributed by atoms with van der Waals surface area (Å²) >= 11 is 1.56. The van der Waals surface area contributed by atoms with E-state index in [1.54, 1.807) is 36.6 Å². The quantitative estimate of drug-likeness (QED) is 0.498. The number of aromatic nitrogens is 1. The van der Waals surface area contributed by atoms with E-state index in [4.69, 9.17) is 13.9 Å². The maximum atomic E-state index is 12.8. The Bertz CT molecular complexity index is 1150. The van der Waals surface area contributed by atoms with Crippen molar-refractivity contribution in [3.8, 4) is 22.6 Å². The molecule has 4 aromatic rings. The van der Waals surface area contributed by atoms with E-state index in [0.717, 1.165) is 22.0 Å². The van der Waals surface area contributed by atoms with Gasteiger partial charge in [0.15, 0.2) is 5.43 Å². The van der Waals surface area contributed by atoms with Crippen molar-refractivity contribution in [2.24, 2.45) is 0 Å². The Hall–Kier alpha value is -3.12. The van der Waals surface area contributed by atoms with Gasteiger partial charge in [0.1, 0.15) is 35.0 Å². The van der Waals surface area contributed by atoms with Crippen LogP contribution in [0.15, 0.2) is 63.3 Å². The van der Waals surface area contributed by atoms with E-state index in [1.165, 1.54) is 6.26 Å². The predicted molar refractivity (Wildman–Crippen MR) is 106 cm³/mol. The fraction of sp³-hybridized carbons (Fsp3) is 0.143. The molecule has 0 aliphatic heterocycles. The molecule has 136 valence electrons. The summed E-state index contributed by atoms with van der Waals surface area (Å²) in [4.78, 5) is 17.2. The molecule has 0 bridgehead atoms. The van der Waals surface area contributed by atoms with E-state index in [-0.39, 0.29) is 5.43 Å². The summed E-state index contributed by atoms with van der Waals surface area (Å²) < 4.78 is 16.6. The molecule has 0 atom stereocenters. The van der Waals surface area contributed by atoms with E-state index in [1.807, 2.05) is 36.6 Å². The lowest BCUT2D eigenvalue weighted by Gasteiger charge is -2.07. The van der Waals surface area contributed by atoms with Gasteiger partial charge in [-0.15, -0.1) is 11.3 Å². The highest BCUT2D eigenvalue weighted by Crippen LogP contribution is 2.25. The first-order valence-corrected chi connectivity index (χ1v) is 9.26. The lowest BCUT2D eigenvalue weighted by molar-refractivity contribution is 0.305. The zero-order valence-corrected chi connectivity index (χ0v) is 15.7. The Morgan fingerprint density at radius 3 is 2.59 bits per heavy atom. The molecule has 0 aliphatic carbocycles. The first kappa shape index (κ1) is 17.3. The van der Waals surface area contributed by atoms with Gasteiger partial charge >= 0.3 is 0 Å². The smallest absolute Gasteiger partial charge is 0.200 e. The lowest BCUT2D eigenvalue weighted by Crippen LogP contribution is -2.05. The van der Waals surface area contributed by atoms with Crippen molar-refractivity contribution in [1.29, 1.82) is 0 Å². The van der Waals surface area contributed by atoms with Gasteiger partial charge in [0.05, 0.1) is 18.1 Å². The number of ether oxygens (including phenoxy) is 2. The number of hydrogen-bond acceptors (Lipinski definition) is 6. The van der Waals surface area contributed by atoms with Crippen molar-refractivity contribution in [3.05, 3.63) is 75.0 Å². The Balaban J connectivity index is 1.62. The predicted octanol–water partition coefficient (Wildman–Crippen LogP) is 4.81. The lowest BCUT2D eigenvalue weighted by atomic mass is 10.1. The Morgan fingerprint density at radius 1 is 1.11 bits per heavy atom. The zero-order chi connectivity index (χ0) is 18.8. The van der Waals surface area contributed by atoms with E-state index in [2.05, 4.69) is 4.98 Å². The molecule has 6 heteroatoms. The average molecular weight is 379 g/mol. The third-order valence-corrected chi connectivity index (χ3v) is 5.12. The molecule has 0 fully saturated rings. The highest BCUT2D eigenvalue weighted by atomic mass is 32.1. The molecule has 0 saturated heterocycles. The molecule has 0 radical (unpaired) electrons. The highest BCUT2D eigenvalue weighted by molar-refractivity contribution is 7.09. The zero-order valence-electron chi connectivity index (χ0n) is 14.9. The van der Waals surface area contributed by atoms with Crippen LogP contribution in [-0.4, -0.2) is 12.1 Å². The fourth-order valence-electron chi connectivity index (χ4n) is 2.78. The van der Waals surface area contributed by atoms with Gasteiger partial charge < -0.3 is 13.9 Å². The summed E-state index contributed by atoms with van der Waals surface area (Å²) in [5.74, 6) is 1.37. The van der Waals surface area contributed by atoms with Crippen molar-refractivity contribution in [1.82, 2.24) is 4.98 Å². The van der Waals surface area contributed by atoms with Crippen LogP contribution in [-0.2, 0) is 6.61 Å². The molecule has 2 heterocycles. The first-order valence-electron chi connectivity index (χ1n) is 8.38. The van der Waals surface area contributed by atoms with Gasteiger partial charge in [0.25, 0.3) is 0 Å². The molecule has 0 spiro atoms. The monoisotopic (exact) mass is 379 g/mol. The second-order valence-electron chi connectivity index (χ2n) is 6.04. The van der Waals surface area contributed by atoms with Crippen LogP contribution in [0, 0.1) is 6.92 Å². The minimum Gasteiger partial charge on any atom is -0.497 e. The van der Waals surface area contributed by atoms with E-state index in [0.29, 0.717) is 28.9 Å². The number of rotatable bonds is 5. The Labute approximate surface area is 159 Å². The molecule has 2 aromatic carbocycles. The summed E-state index contributed by atoms with van der Waals surface area (Å²) in [5.41, 5.74) is 2.69. The van der Waals surface area contributed by atoms with Crippen LogP contribution in [0.2, 0.25) is 0 Å². The molecular formula is C21H17NO4S. The molecule has 0 aliphatic rings. The van der Waals surface area contributed by atoms with Crippen LogP contribution >= 0.6 is 11.3 Å². The molecule has 5 nitrogen and oxygen atoms in total. The average Bonchev–Trinajstić information content (AvgIpc) is 3.12. The van der Waals surface area contributed by atoms with Crippen LogP contribution in [0.4, 0.5) is 0 Å². The molecule has 0 amide bonds. The van der Waals surface area contributed by atoms with Gasteiger partial charge in [-0.1, -0.05) is 12.1 Å². The number of benzene rings is 2. The third-order valence-electron chi connectivity index (χ3n) is 4.18. The number of nitrogens with zero attached hydrogens (tertiary/aromatic N) is 1. The minimum atomic E-state index is -0.0801. The Kier molecular flexibility index (Phi) is 4.64. The summed E-state index contributed by atoms with van der Waals surface area (Å²) in [6, 6.07) is 12.5. The molecular weight excluding hydrogens is 362 g/mol. The molecule has 0 saturated carbocycles. The van der Waals surface area contributed by atoms with Crippen molar-refractivity contribution in [3.63, 3.8) is 0 Å². The summed E-state index contributed by atoms with van der Waals surface area (Å²) in [6.45, 7) is 2.34. The van der Waals surface area contributed by atoms with E-state index in [9.17, 15) is 4.79 Å². The maximum Gasteiger partial charge on any atom is 0.200 e. The fourth-order valence-corrected chi connectivity index (χ4v) is 3.47. The van der Waals surface area contributed by atoms with Crippen LogP contribution in [0.5, 0.6) is 11.5 Å². The standard InChI is InChI=1S/C21H17NO4S/c1-13-12-27-20(22-13)11-25-16-7-8-17-19(9-16)26-10-18(21(17)23)14-3-5-15(24-2)6-4-14/h3-10,12H,11H2,1-2H3. The minimum absolute atomic E-state index is 0.0801. The number of fused-ring (bicyclic) bond motifs is 1. The van der Waals surface area contributed by atoms with Gasteiger partial charge in [-0.25, -0.2) is 4.98 Å². The van der Waals surface area contributed by atoms with Gasteiger partial charge in [-0.2, -0.15) is 0 Å². The van der Waals surface area contributed by atoms with E-state index < -0.39 is 0 Å². The second kappa shape index (κ2) is 7.25. The molecule has 4 rings (SSSR count). The third kappa shape index (κ3) is 3.57. The molecule has 0 unspecified atom stereocenters. The largest absolute Gasteiger partial charge is 0.497 e. The summed E-state index contributed by atoms with van der Waals surface area (Å²) in [6.07, 6.45) is 1.49. The summed E-state index contributed by atoms with van der Waals surface area (Å²) in [7, 11) is 1.61. The van der Waals surface area contributed by atoms with E-state index >= 15 is 0 Å². The maximum absolute atomic E-state index is 12.8. The van der Waals surface area contributed by atoms with Crippen molar-refractivity contribution < 1.29 is 13.9 Å².